The Balaban J connectivity index is 1.83. The van der Waals surface area contributed by atoms with Crippen LogP contribution in [0.4, 0.5) is 11.4 Å². The van der Waals surface area contributed by atoms with Crippen molar-refractivity contribution < 1.29 is 31.6 Å². The number of rotatable bonds is 6. The predicted octanol–water partition coefficient (Wildman–Crippen LogP) is 1.63. The van der Waals surface area contributed by atoms with Gasteiger partial charge in [0.1, 0.15) is 22.2 Å². The molecule has 2 aliphatic rings. The van der Waals surface area contributed by atoms with Crippen LogP contribution in [-0.4, -0.2) is 45.7 Å². The van der Waals surface area contributed by atoms with E-state index in [-0.39, 0.29) is 28.3 Å². The van der Waals surface area contributed by atoms with Gasteiger partial charge in [0, 0.05) is 11.3 Å². The number of hydrogen-bond acceptors (Lipinski definition) is 9. The van der Waals surface area contributed by atoms with Crippen molar-refractivity contribution in [1.82, 2.24) is 5.48 Å². The second kappa shape index (κ2) is 8.27. The lowest BCUT2D eigenvalue weighted by Gasteiger charge is -2.39. The molecule has 0 aromatic heterocycles. The number of sulfonamides is 2. The number of Topliss-reactive ketones (excluding diaryl/α,β-unsaturated/α-hetero) is 2. The Hall–Kier alpha value is -3.13. The summed E-state index contributed by atoms with van der Waals surface area (Å²) in [5.41, 5.74) is 0.975. The first kappa shape index (κ1) is 24.0. The van der Waals surface area contributed by atoms with Crippen LogP contribution in [0.2, 0.25) is 0 Å². The Bertz CT molecular complexity index is 1450. The van der Waals surface area contributed by atoms with Crippen LogP contribution in [-0.2, 0) is 30.4 Å². The number of nitrogens with one attached hydrogen (secondary N) is 3. The van der Waals surface area contributed by atoms with Crippen molar-refractivity contribution >= 4 is 48.8 Å². The third-order valence-electron chi connectivity index (χ3n) is 5.73. The number of hydrogen-bond donors (Lipinski definition) is 4. The molecular weight excluding hydrogens is 484 g/mol. The molecule has 0 amide bonds. The van der Waals surface area contributed by atoms with Crippen LogP contribution in [0.3, 0.4) is 0 Å². The van der Waals surface area contributed by atoms with Gasteiger partial charge in [-0.1, -0.05) is 37.6 Å². The lowest BCUT2D eigenvalue weighted by atomic mass is 9.68. The Morgan fingerprint density at radius 2 is 1.88 bits per heavy atom. The number of amidine groups is 1. The molecular formula is C21H22N4O7S2. The average Bonchev–Trinajstić information content (AvgIpc) is 2.76. The van der Waals surface area contributed by atoms with Crippen LogP contribution in [0.1, 0.15) is 35.7 Å². The first-order chi connectivity index (χ1) is 15.9. The first-order valence-electron chi connectivity index (χ1n) is 10.3. The molecule has 1 aliphatic carbocycles. The highest BCUT2D eigenvalue weighted by Crippen LogP contribution is 2.41. The number of ketones is 2. The molecule has 0 bridgehead atoms. The molecule has 4 N–H and O–H groups in total. The number of fused-ring (bicyclic) bond motifs is 2. The van der Waals surface area contributed by atoms with Crippen LogP contribution in [0.15, 0.2) is 51.8 Å². The van der Waals surface area contributed by atoms with Gasteiger partial charge >= 0.3 is 0 Å². The first-order valence-corrected chi connectivity index (χ1v) is 13.6. The van der Waals surface area contributed by atoms with Gasteiger partial charge in [-0.3, -0.25) is 14.3 Å². The van der Waals surface area contributed by atoms with Crippen LogP contribution in [0.5, 0.6) is 0 Å². The fourth-order valence-electron chi connectivity index (χ4n) is 4.36. The zero-order valence-corrected chi connectivity index (χ0v) is 19.8. The summed E-state index contributed by atoms with van der Waals surface area (Å²) < 4.78 is 54.8. The molecule has 34 heavy (non-hydrogen) atoms. The minimum Gasteiger partial charge on any atom is -0.341 e. The molecule has 0 radical (unpaired) electrons. The van der Waals surface area contributed by atoms with Crippen LogP contribution >= 0.6 is 0 Å². The van der Waals surface area contributed by atoms with E-state index < -0.39 is 48.9 Å². The van der Waals surface area contributed by atoms with Gasteiger partial charge in [-0.05, 0) is 30.2 Å². The Kier molecular flexibility index (Phi) is 5.84. The SMILES string of the molecule is CCCC1(NO)C(=O)C(C2=NS(=O)(=O)c3cc(NS(C)(=O)=O)ccc3N2)C(=O)c2ccccc21. The van der Waals surface area contributed by atoms with E-state index in [1.165, 1.54) is 18.2 Å². The highest BCUT2D eigenvalue weighted by molar-refractivity contribution is 7.92. The Morgan fingerprint density at radius 1 is 1.18 bits per heavy atom. The summed E-state index contributed by atoms with van der Waals surface area (Å²) in [7, 11) is -8.05. The van der Waals surface area contributed by atoms with Gasteiger partial charge in [-0.15, -0.1) is 4.40 Å². The Labute approximate surface area is 196 Å². The normalized spacial score (nSPS) is 23.4. The van der Waals surface area contributed by atoms with Crippen molar-refractivity contribution in [2.75, 3.05) is 16.3 Å². The van der Waals surface area contributed by atoms with Gasteiger partial charge in [0.25, 0.3) is 10.0 Å². The molecule has 0 fully saturated rings. The van der Waals surface area contributed by atoms with Crippen molar-refractivity contribution in [3.05, 3.63) is 53.6 Å². The summed E-state index contributed by atoms with van der Waals surface area (Å²) >= 11 is 0. The summed E-state index contributed by atoms with van der Waals surface area (Å²) in [5, 5.41) is 12.8. The second-order valence-electron chi connectivity index (χ2n) is 8.14. The fraction of sp³-hybridized carbons (Fsp3) is 0.286. The lowest BCUT2D eigenvalue weighted by molar-refractivity contribution is -0.132. The number of nitrogens with zero attached hydrogens (tertiary/aromatic N) is 1. The number of anilines is 2. The number of benzene rings is 2. The summed E-state index contributed by atoms with van der Waals surface area (Å²) in [4.78, 5) is 26.7. The van der Waals surface area contributed by atoms with E-state index >= 15 is 0 Å². The average molecular weight is 507 g/mol. The van der Waals surface area contributed by atoms with Gasteiger partial charge in [-0.2, -0.15) is 13.9 Å². The minimum atomic E-state index is -4.40. The number of carbonyl (C=O) groups is 2. The maximum atomic E-state index is 13.6. The van der Waals surface area contributed by atoms with Crippen molar-refractivity contribution in [3.63, 3.8) is 0 Å². The van der Waals surface area contributed by atoms with Crippen molar-refractivity contribution in [1.29, 1.82) is 0 Å². The van der Waals surface area contributed by atoms with Crippen LogP contribution in [0.25, 0.3) is 0 Å². The third kappa shape index (κ3) is 3.90. The van der Waals surface area contributed by atoms with Crippen molar-refractivity contribution in [2.24, 2.45) is 10.3 Å². The van der Waals surface area contributed by atoms with E-state index in [0.717, 1.165) is 12.3 Å². The standard InChI is InChI=1S/C21H22N4O7S2/c1-3-10-21(25-28)14-7-5-4-6-13(14)18(26)17(19(21)27)20-22-15-9-8-12(23-33(2,29)30)11-16(15)34(31,32)24-20/h4-9,11,17,23,25,28H,3,10H2,1-2H3,(H,22,24). The largest absolute Gasteiger partial charge is 0.341 e. The van der Waals surface area contributed by atoms with E-state index in [0.29, 0.717) is 12.0 Å². The van der Waals surface area contributed by atoms with E-state index in [1.54, 1.807) is 25.1 Å². The van der Waals surface area contributed by atoms with E-state index in [9.17, 15) is 31.6 Å². The number of hydroxylamine groups is 1. The van der Waals surface area contributed by atoms with Gasteiger partial charge in [0.05, 0.1) is 11.9 Å². The predicted molar refractivity (Wildman–Crippen MR) is 124 cm³/mol. The van der Waals surface area contributed by atoms with Gasteiger partial charge < -0.3 is 10.5 Å². The van der Waals surface area contributed by atoms with E-state index in [1.807, 2.05) is 0 Å². The summed E-state index contributed by atoms with van der Waals surface area (Å²) in [5.74, 6) is -3.39. The highest BCUT2D eigenvalue weighted by Gasteiger charge is 2.54. The molecule has 180 valence electrons. The second-order valence-corrected chi connectivity index (χ2v) is 11.5. The molecule has 11 nitrogen and oxygen atoms in total. The third-order valence-corrected chi connectivity index (χ3v) is 7.67. The molecule has 2 unspecified atom stereocenters. The summed E-state index contributed by atoms with van der Waals surface area (Å²) in [6.07, 6.45) is 1.55. The van der Waals surface area contributed by atoms with Gasteiger partial charge in [0.2, 0.25) is 10.0 Å². The molecule has 2 aromatic carbocycles. The summed E-state index contributed by atoms with van der Waals surface area (Å²) in [6.45, 7) is 1.81. The van der Waals surface area contributed by atoms with Crippen molar-refractivity contribution in [3.8, 4) is 0 Å². The van der Waals surface area contributed by atoms with Crippen molar-refractivity contribution in [2.45, 2.75) is 30.2 Å². The van der Waals surface area contributed by atoms with E-state index in [2.05, 4.69) is 19.9 Å². The molecule has 0 saturated carbocycles. The van der Waals surface area contributed by atoms with Gasteiger partial charge in [0.15, 0.2) is 11.6 Å². The zero-order valence-electron chi connectivity index (χ0n) is 18.2. The smallest absolute Gasteiger partial charge is 0.286 e. The van der Waals surface area contributed by atoms with Crippen LogP contribution in [0, 0.1) is 5.92 Å². The number of carbonyl (C=O) groups excluding carboxylic acids is 2. The molecule has 2 aromatic rings. The quantitative estimate of drug-likeness (QED) is 0.336. The molecule has 1 heterocycles. The maximum absolute atomic E-state index is 13.6. The fourth-order valence-corrected chi connectivity index (χ4v) is 6.09. The maximum Gasteiger partial charge on any atom is 0.286 e. The summed E-state index contributed by atoms with van der Waals surface area (Å²) in [6, 6.07) is 10.1. The van der Waals surface area contributed by atoms with Gasteiger partial charge in [-0.25, -0.2) is 8.42 Å². The Morgan fingerprint density at radius 3 is 2.53 bits per heavy atom. The lowest BCUT2D eigenvalue weighted by Crippen LogP contribution is -2.58. The highest BCUT2D eigenvalue weighted by atomic mass is 32.2. The molecule has 4 rings (SSSR count). The monoisotopic (exact) mass is 506 g/mol. The topological polar surface area (TPSA) is 171 Å². The van der Waals surface area contributed by atoms with E-state index in [4.69, 9.17) is 0 Å². The molecule has 1 aliphatic heterocycles. The molecule has 0 saturated heterocycles. The molecule has 13 heteroatoms. The minimum absolute atomic E-state index is 0.00969. The zero-order chi connectivity index (χ0) is 24.9. The molecule has 0 spiro atoms. The van der Waals surface area contributed by atoms with Crippen LogP contribution < -0.4 is 15.5 Å². The molecule has 2 atom stereocenters.